The van der Waals surface area contributed by atoms with E-state index in [0.717, 1.165) is 0 Å². The molecule has 0 saturated carbocycles. The standard InChI is InChI=1S/C3HN2O2/c6-2-3-1-4-7-5-3/h1H. The minimum absolute atomic E-state index is 0.0972. The maximum Gasteiger partial charge on any atom is 0.258 e. The summed E-state index contributed by atoms with van der Waals surface area (Å²) in [6.45, 7) is 0. The highest BCUT2D eigenvalue weighted by Gasteiger charge is 1.90. The van der Waals surface area contributed by atoms with Gasteiger partial charge in [-0.3, -0.25) is 4.79 Å². The first-order valence-electron chi connectivity index (χ1n) is 1.59. The van der Waals surface area contributed by atoms with Crippen molar-refractivity contribution in [3.05, 3.63) is 11.9 Å². The Balaban J connectivity index is 2.96. The third kappa shape index (κ3) is 0.623. The van der Waals surface area contributed by atoms with E-state index in [1.54, 1.807) is 0 Å². The second-order valence-electron chi connectivity index (χ2n) is 0.895. The molecule has 0 bridgehead atoms. The SMILES string of the molecule is O=[C]c1cnon1. The topological polar surface area (TPSA) is 56.0 Å². The minimum atomic E-state index is 0.0972. The molecule has 0 aliphatic rings. The van der Waals surface area contributed by atoms with E-state index in [-0.39, 0.29) is 5.69 Å². The van der Waals surface area contributed by atoms with E-state index in [4.69, 9.17) is 0 Å². The summed E-state index contributed by atoms with van der Waals surface area (Å²) >= 11 is 0. The molecule has 0 unspecified atom stereocenters. The molecule has 1 aromatic heterocycles. The molecule has 0 saturated heterocycles. The Kier molecular flexibility index (Phi) is 0.856. The summed E-state index contributed by atoms with van der Waals surface area (Å²) in [6.07, 6.45) is 2.68. The van der Waals surface area contributed by atoms with Crippen LogP contribution in [-0.4, -0.2) is 16.6 Å². The summed E-state index contributed by atoms with van der Waals surface area (Å²) in [5.74, 6) is 0. The fourth-order valence-corrected chi connectivity index (χ4v) is 0.210. The largest absolute Gasteiger partial charge is 0.283 e. The van der Waals surface area contributed by atoms with Crippen LogP contribution in [0.25, 0.3) is 0 Å². The summed E-state index contributed by atoms with van der Waals surface area (Å²) in [5.41, 5.74) is 0.0972. The van der Waals surface area contributed by atoms with E-state index in [0.29, 0.717) is 0 Å². The van der Waals surface area contributed by atoms with E-state index in [9.17, 15) is 4.79 Å². The van der Waals surface area contributed by atoms with Gasteiger partial charge in [-0.25, -0.2) is 4.63 Å². The van der Waals surface area contributed by atoms with Gasteiger partial charge in [0.2, 0.25) is 0 Å². The number of nitrogens with zero attached hydrogens (tertiary/aromatic N) is 2. The zero-order chi connectivity index (χ0) is 5.11. The van der Waals surface area contributed by atoms with Crippen LogP contribution in [0, 0.1) is 0 Å². The van der Waals surface area contributed by atoms with Gasteiger partial charge in [0, 0.05) is 0 Å². The second kappa shape index (κ2) is 1.51. The molecule has 0 aliphatic heterocycles. The zero-order valence-corrected chi connectivity index (χ0v) is 3.29. The van der Waals surface area contributed by atoms with Crippen LogP contribution < -0.4 is 0 Å². The van der Waals surface area contributed by atoms with Gasteiger partial charge < -0.3 is 0 Å². The van der Waals surface area contributed by atoms with E-state index in [1.807, 2.05) is 0 Å². The van der Waals surface area contributed by atoms with Crippen molar-refractivity contribution in [1.29, 1.82) is 0 Å². The van der Waals surface area contributed by atoms with E-state index in [2.05, 4.69) is 14.9 Å². The molecule has 35 valence electrons. The van der Waals surface area contributed by atoms with Crippen LogP contribution in [0.1, 0.15) is 5.69 Å². The van der Waals surface area contributed by atoms with E-state index < -0.39 is 0 Å². The maximum atomic E-state index is 9.58. The number of hydrogen-bond donors (Lipinski definition) is 0. The summed E-state index contributed by atoms with van der Waals surface area (Å²) < 4.78 is 4.04. The Morgan fingerprint density at radius 2 is 2.71 bits per heavy atom. The molecule has 4 heteroatoms. The maximum absolute atomic E-state index is 9.58. The van der Waals surface area contributed by atoms with Crippen molar-refractivity contribution in [3.8, 4) is 0 Å². The zero-order valence-electron chi connectivity index (χ0n) is 3.29. The molecule has 0 amide bonds. The molecule has 0 atom stereocenters. The molecule has 0 fully saturated rings. The third-order valence-corrected chi connectivity index (χ3v) is 0.466. The highest BCUT2D eigenvalue weighted by Crippen LogP contribution is 1.79. The number of carbonyl (C=O) groups excluding carboxylic acids is 1. The summed E-state index contributed by atoms with van der Waals surface area (Å²) in [7, 11) is 0. The Hall–Kier alpha value is -1.19. The van der Waals surface area contributed by atoms with Crippen LogP contribution in [-0.2, 0) is 4.79 Å². The minimum Gasteiger partial charge on any atom is -0.283 e. The summed E-state index contributed by atoms with van der Waals surface area (Å²) in [6, 6.07) is 0. The molecular formula is C3HN2O2. The lowest BCUT2D eigenvalue weighted by Crippen LogP contribution is -1.73. The second-order valence-corrected chi connectivity index (χ2v) is 0.895. The molecule has 1 radical (unpaired) electrons. The fraction of sp³-hybridized carbons (Fsp3) is 0. The fourth-order valence-electron chi connectivity index (χ4n) is 0.210. The van der Waals surface area contributed by atoms with Crippen LogP contribution >= 0.6 is 0 Å². The van der Waals surface area contributed by atoms with Crippen LogP contribution in [0.15, 0.2) is 10.8 Å². The average molecular weight is 97.1 g/mol. The monoisotopic (exact) mass is 97.0 g/mol. The highest BCUT2D eigenvalue weighted by molar-refractivity contribution is 5.70. The van der Waals surface area contributed by atoms with E-state index in [1.165, 1.54) is 12.5 Å². The van der Waals surface area contributed by atoms with Gasteiger partial charge in [-0.15, -0.1) is 0 Å². The Labute approximate surface area is 39.1 Å². The first-order valence-corrected chi connectivity index (χ1v) is 1.59. The Morgan fingerprint density at radius 3 is 3.00 bits per heavy atom. The lowest BCUT2D eigenvalue weighted by atomic mass is 10.6. The Morgan fingerprint density at radius 1 is 1.86 bits per heavy atom. The van der Waals surface area contributed by atoms with Crippen LogP contribution in [0.5, 0.6) is 0 Å². The molecule has 1 rings (SSSR count). The first kappa shape index (κ1) is 3.98. The van der Waals surface area contributed by atoms with Gasteiger partial charge in [-0.2, -0.15) is 0 Å². The number of hydrogen-bond acceptors (Lipinski definition) is 4. The van der Waals surface area contributed by atoms with Crippen molar-refractivity contribution in [2.75, 3.05) is 0 Å². The van der Waals surface area contributed by atoms with Gasteiger partial charge >= 0.3 is 0 Å². The predicted octanol–water partition coefficient (Wildman–Crippen LogP) is -0.473. The van der Waals surface area contributed by atoms with Crippen molar-refractivity contribution >= 4 is 6.29 Å². The van der Waals surface area contributed by atoms with Gasteiger partial charge in [-0.1, -0.05) is 5.16 Å². The van der Waals surface area contributed by atoms with Crippen molar-refractivity contribution in [2.24, 2.45) is 0 Å². The molecule has 7 heavy (non-hydrogen) atoms. The van der Waals surface area contributed by atoms with Crippen molar-refractivity contribution < 1.29 is 9.42 Å². The molecule has 4 nitrogen and oxygen atoms in total. The lowest BCUT2D eigenvalue weighted by molar-refractivity contribution is 0.306. The van der Waals surface area contributed by atoms with Crippen LogP contribution in [0.2, 0.25) is 0 Å². The molecule has 0 spiro atoms. The van der Waals surface area contributed by atoms with Crippen molar-refractivity contribution in [2.45, 2.75) is 0 Å². The van der Waals surface area contributed by atoms with Gasteiger partial charge in [0.05, 0.1) is 0 Å². The first-order chi connectivity index (χ1) is 3.43. The smallest absolute Gasteiger partial charge is 0.258 e. The Bertz CT molecular complexity index is 146. The molecule has 1 heterocycles. The third-order valence-electron chi connectivity index (χ3n) is 0.466. The van der Waals surface area contributed by atoms with Gasteiger partial charge in [0.1, 0.15) is 6.20 Å². The van der Waals surface area contributed by atoms with Gasteiger partial charge in [0.25, 0.3) is 6.29 Å². The van der Waals surface area contributed by atoms with Crippen molar-refractivity contribution in [3.63, 3.8) is 0 Å². The molecule has 1 aromatic rings. The number of rotatable bonds is 1. The van der Waals surface area contributed by atoms with Crippen LogP contribution in [0.3, 0.4) is 0 Å². The number of aromatic nitrogens is 2. The summed E-state index contributed by atoms with van der Waals surface area (Å²) in [5, 5.41) is 6.27. The molecular weight excluding hydrogens is 96.0 g/mol. The van der Waals surface area contributed by atoms with Crippen LogP contribution in [0.4, 0.5) is 0 Å². The highest BCUT2D eigenvalue weighted by atomic mass is 16.6. The van der Waals surface area contributed by atoms with E-state index >= 15 is 0 Å². The molecule has 0 N–H and O–H groups in total. The van der Waals surface area contributed by atoms with Crippen molar-refractivity contribution in [1.82, 2.24) is 10.3 Å². The molecule has 0 aliphatic carbocycles. The van der Waals surface area contributed by atoms with Gasteiger partial charge in [-0.05, 0) is 5.16 Å². The summed E-state index contributed by atoms with van der Waals surface area (Å²) in [4.78, 5) is 9.58. The average Bonchev–Trinajstić information content (AvgIpc) is 2.14. The molecule has 0 aromatic carbocycles. The van der Waals surface area contributed by atoms with Gasteiger partial charge in [0.15, 0.2) is 5.69 Å². The quantitative estimate of drug-likeness (QED) is 0.475. The predicted molar refractivity (Wildman–Crippen MR) is 19.1 cm³/mol. The normalized spacial score (nSPS) is 8.57. The lowest BCUT2D eigenvalue weighted by Gasteiger charge is -1.57.